The van der Waals surface area contributed by atoms with Crippen LogP contribution in [-0.2, 0) is 13.1 Å². The average Bonchev–Trinajstić information content (AvgIpc) is 3.31. The lowest BCUT2D eigenvalue weighted by molar-refractivity contribution is -0.386. The van der Waals surface area contributed by atoms with Crippen molar-refractivity contribution in [1.29, 1.82) is 0 Å². The van der Waals surface area contributed by atoms with E-state index in [0.717, 1.165) is 5.69 Å². The molecule has 0 aromatic carbocycles. The number of nitro groups is 1. The van der Waals surface area contributed by atoms with Crippen molar-refractivity contribution in [3.05, 3.63) is 68.7 Å². The highest BCUT2D eigenvalue weighted by Crippen LogP contribution is 2.23. The summed E-state index contributed by atoms with van der Waals surface area (Å²) in [6.45, 7) is 8.05. The van der Waals surface area contributed by atoms with Crippen molar-refractivity contribution in [2.45, 2.75) is 40.8 Å². The quantitative estimate of drug-likeness (QED) is 0.267. The molecule has 0 aliphatic carbocycles. The van der Waals surface area contributed by atoms with E-state index in [2.05, 4.69) is 10.2 Å². The molecule has 0 aliphatic rings. The first kappa shape index (κ1) is 19.3. The third kappa shape index (κ3) is 3.64. The van der Waals surface area contributed by atoms with E-state index in [-0.39, 0.29) is 18.0 Å². The van der Waals surface area contributed by atoms with Crippen molar-refractivity contribution in [2.75, 3.05) is 0 Å². The maximum atomic E-state index is 12.4. The lowest BCUT2D eigenvalue weighted by Gasteiger charge is -2.00. The molecule has 3 aromatic heterocycles. The molecule has 0 spiro atoms. The minimum atomic E-state index is -0.432. The van der Waals surface area contributed by atoms with Crippen LogP contribution in [0, 0.1) is 30.9 Å². The molecular weight excluding hydrogens is 362 g/mol. The summed E-state index contributed by atoms with van der Waals surface area (Å²) >= 11 is 0. The molecule has 9 heteroatoms. The van der Waals surface area contributed by atoms with E-state index in [1.54, 1.807) is 42.9 Å². The van der Waals surface area contributed by atoms with Gasteiger partial charge in [0.15, 0.2) is 5.78 Å². The molecule has 3 aromatic rings. The summed E-state index contributed by atoms with van der Waals surface area (Å²) in [5.41, 5.74) is 2.22. The Kier molecular flexibility index (Phi) is 5.25. The average molecular weight is 383 g/mol. The van der Waals surface area contributed by atoms with E-state index in [0.29, 0.717) is 35.0 Å². The minimum absolute atomic E-state index is 0.0141. The molecule has 3 rings (SSSR count). The molecule has 0 N–H and O–H groups in total. The number of carbonyl (C=O) groups is 1. The Hall–Kier alpha value is -3.49. The van der Waals surface area contributed by atoms with Crippen molar-refractivity contribution < 1.29 is 14.1 Å². The second-order valence-electron chi connectivity index (χ2n) is 6.40. The Labute approximate surface area is 161 Å². The second kappa shape index (κ2) is 7.63. The molecule has 28 heavy (non-hydrogen) atoms. The number of hydrogen-bond acceptors (Lipinski definition) is 6. The molecule has 146 valence electrons. The Morgan fingerprint density at radius 3 is 2.61 bits per heavy atom. The lowest BCUT2D eigenvalue weighted by Crippen LogP contribution is -2.03. The van der Waals surface area contributed by atoms with Gasteiger partial charge in [0, 0.05) is 12.2 Å². The molecule has 0 atom stereocenters. The zero-order valence-electron chi connectivity index (χ0n) is 16.2. The molecule has 0 aliphatic heterocycles. The summed E-state index contributed by atoms with van der Waals surface area (Å²) < 4.78 is 9.00. The number of allylic oxidation sites excluding steroid dienone is 1. The summed E-state index contributed by atoms with van der Waals surface area (Å²) in [6.07, 6.45) is 4.60. The van der Waals surface area contributed by atoms with Crippen molar-refractivity contribution in [2.24, 2.45) is 0 Å². The summed E-state index contributed by atoms with van der Waals surface area (Å²) in [5.74, 6) is 0.951. The van der Waals surface area contributed by atoms with Gasteiger partial charge in [-0.3, -0.25) is 24.3 Å². The first-order chi connectivity index (χ1) is 13.3. The fraction of sp³-hybridized carbons (Fsp3) is 0.316. The summed E-state index contributed by atoms with van der Waals surface area (Å²) in [6, 6.07) is 3.49. The van der Waals surface area contributed by atoms with Gasteiger partial charge in [-0.15, -0.1) is 0 Å². The van der Waals surface area contributed by atoms with Gasteiger partial charge < -0.3 is 4.42 Å². The van der Waals surface area contributed by atoms with Crippen LogP contribution >= 0.6 is 0 Å². The van der Waals surface area contributed by atoms with Gasteiger partial charge in [-0.05, 0) is 52.0 Å². The van der Waals surface area contributed by atoms with Gasteiger partial charge in [-0.1, -0.05) is 0 Å². The number of aryl methyl sites for hydroxylation is 2. The predicted molar refractivity (Wildman–Crippen MR) is 102 cm³/mol. The summed E-state index contributed by atoms with van der Waals surface area (Å²) in [5, 5.41) is 19.5. The van der Waals surface area contributed by atoms with Gasteiger partial charge in [0.25, 0.3) is 0 Å². The normalized spacial score (nSPS) is 11.4. The van der Waals surface area contributed by atoms with Crippen LogP contribution in [0.25, 0.3) is 6.08 Å². The van der Waals surface area contributed by atoms with Crippen molar-refractivity contribution in [1.82, 2.24) is 19.6 Å². The number of aromatic nitrogens is 4. The van der Waals surface area contributed by atoms with Gasteiger partial charge in [0.05, 0.1) is 23.2 Å². The fourth-order valence-electron chi connectivity index (χ4n) is 3.08. The number of furan rings is 1. The maximum Gasteiger partial charge on any atom is 0.312 e. The third-order valence-corrected chi connectivity index (χ3v) is 4.58. The van der Waals surface area contributed by atoms with Crippen molar-refractivity contribution in [3.63, 3.8) is 0 Å². The standard InChI is InChI=1S/C19H21N5O4/c1-5-22-13(3)17(10-20-22)18(25)9-8-15-6-7-16(28-15)11-23-14(4)19(24(26)27)12(2)21-23/h6-10H,5,11H2,1-4H3/b9-8+. The molecule has 0 amide bonds. The summed E-state index contributed by atoms with van der Waals surface area (Å²) in [4.78, 5) is 23.0. The van der Waals surface area contributed by atoms with E-state index in [1.165, 1.54) is 10.8 Å². The molecule has 0 saturated heterocycles. The minimum Gasteiger partial charge on any atom is -0.460 e. The SMILES string of the molecule is CCn1ncc(C(=O)/C=C/c2ccc(Cn3nc(C)c([N+](=O)[O-])c3C)o2)c1C. The zero-order chi connectivity index (χ0) is 20.4. The highest BCUT2D eigenvalue weighted by atomic mass is 16.6. The zero-order valence-corrected chi connectivity index (χ0v) is 16.2. The van der Waals surface area contributed by atoms with Crippen LogP contribution in [0.3, 0.4) is 0 Å². The second-order valence-corrected chi connectivity index (χ2v) is 6.40. The molecule has 0 unspecified atom stereocenters. The van der Waals surface area contributed by atoms with E-state index < -0.39 is 4.92 Å². The number of ketones is 1. The highest BCUT2D eigenvalue weighted by Gasteiger charge is 2.22. The Balaban J connectivity index is 1.73. The van der Waals surface area contributed by atoms with Gasteiger partial charge in [0.2, 0.25) is 0 Å². The predicted octanol–water partition coefficient (Wildman–Crippen LogP) is 3.47. The highest BCUT2D eigenvalue weighted by molar-refractivity contribution is 6.07. The van der Waals surface area contributed by atoms with Gasteiger partial charge in [-0.2, -0.15) is 10.2 Å². The first-order valence-electron chi connectivity index (χ1n) is 8.83. The van der Waals surface area contributed by atoms with E-state index in [1.807, 2.05) is 13.8 Å². The fourth-order valence-corrected chi connectivity index (χ4v) is 3.08. The van der Waals surface area contributed by atoms with Gasteiger partial charge in [0.1, 0.15) is 22.9 Å². The van der Waals surface area contributed by atoms with Crippen LogP contribution in [0.15, 0.2) is 28.8 Å². The van der Waals surface area contributed by atoms with Crippen LogP contribution in [0.1, 0.15) is 45.9 Å². The maximum absolute atomic E-state index is 12.4. The lowest BCUT2D eigenvalue weighted by atomic mass is 10.1. The number of nitrogens with zero attached hydrogens (tertiary/aromatic N) is 5. The van der Waals surface area contributed by atoms with Crippen molar-refractivity contribution >= 4 is 17.5 Å². The van der Waals surface area contributed by atoms with Crippen LogP contribution < -0.4 is 0 Å². The Bertz CT molecular complexity index is 1070. The Morgan fingerprint density at radius 2 is 2.00 bits per heavy atom. The topological polar surface area (TPSA) is 109 Å². The van der Waals surface area contributed by atoms with E-state index in [9.17, 15) is 14.9 Å². The molecular formula is C19H21N5O4. The number of rotatable bonds is 7. The molecule has 0 fully saturated rings. The van der Waals surface area contributed by atoms with Crippen molar-refractivity contribution in [3.8, 4) is 0 Å². The van der Waals surface area contributed by atoms with E-state index in [4.69, 9.17) is 4.42 Å². The molecule has 0 bridgehead atoms. The molecule has 3 heterocycles. The first-order valence-corrected chi connectivity index (χ1v) is 8.83. The smallest absolute Gasteiger partial charge is 0.312 e. The van der Waals surface area contributed by atoms with Crippen LogP contribution in [-0.4, -0.2) is 30.3 Å². The van der Waals surface area contributed by atoms with Crippen LogP contribution in [0.5, 0.6) is 0 Å². The molecule has 0 saturated carbocycles. The molecule has 9 nitrogen and oxygen atoms in total. The summed E-state index contributed by atoms with van der Waals surface area (Å²) in [7, 11) is 0. The van der Waals surface area contributed by atoms with E-state index >= 15 is 0 Å². The monoisotopic (exact) mass is 383 g/mol. The largest absolute Gasteiger partial charge is 0.460 e. The van der Waals surface area contributed by atoms with Gasteiger partial charge >= 0.3 is 5.69 Å². The van der Waals surface area contributed by atoms with Gasteiger partial charge in [-0.25, -0.2) is 0 Å². The van der Waals surface area contributed by atoms with Crippen LogP contribution in [0.4, 0.5) is 5.69 Å². The third-order valence-electron chi connectivity index (χ3n) is 4.58. The molecule has 0 radical (unpaired) electrons. The Morgan fingerprint density at radius 1 is 1.25 bits per heavy atom. The number of carbonyl (C=O) groups excluding carboxylic acids is 1. The van der Waals surface area contributed by atoms with Crippen LogP contribution in [0.2, 0.25) is 0 Å². The number of hydrogen-bond donors (Lipinski definition) is 0.